The van der Waals surface area contributed by atoms with Crippen LogP contribution in [0.2, 0.25) is 0 Å². The molecule has 0 unspecified atom stereocenters. The van der Waals surface area contributed by atoms with Crippen LogP contribution in [-0.2, 0) is 14.1 Å². The molecule has 248 valence electrons. The lowest BCUT2D eigenvalue weighted by atomic mass is 9.85. The summed E-state index contributed by atoms with van der Waals surface area (Å²) in [4.78, 5) is 9.57. The maximum atomic E-state index is 4.78. The fourth-order valence-electron chi connectivity index (χ4n) is 8.15. The Morgan fingerprint density at radius 1 is 0.385 bits per heavy atom. The van der Waals surface area contributed by atoms with Crippen LogP contribution in [0.4, 0.5) is 0 Å². The Bertz CT molecular complexity index is 2910. The number of fused-ring (bicyclic) bond motifs is 5. The van der Waals surface area contributed by atoms with Gasteiger partial charge in [-0.1, -0.05) is 103 Å². The van der Waals surface area contributed by atoms with Gasteiger partial charge in [0, 0.05) is 14.1 Å². The molecule has 0 spiro atoms. The molecule has 0 bridgehead atoms. The molecule has 0 saturated carbocycles. The van der Waals surface area contributed by atoms with Crippen LogP contribution in [0.5, 0.6) is 0 Å². The van der Waals surface area contributed by atoms with Gasteiger partial charge >= 0.3 is 0 Å². The topological polar surface area (TPSA) is 35.6 Å². The van der Waals surface area contributed by atoms with Gasteiger partial charge in [0.25, 0.3) is 0 Å². The van der Waals surface area contributed by atoms with Crippen molar-refractivity contribution in [3.63, 3.8) is 0 Å². The second-order valence-corrected chi connectivity index (χ2v) is 14.0. The molecule has 10 aromatic rings. The summed E-state index contributed by atoms with van der Waals surface area (Å²) in [6.45, 7) is 4.13. The molecule has 0 N–H and O–H groups in total. The minimum Gasteiger partial charge on any atom is -0.331 e. The highest BCUT2D eigenvalue weighted by Crippen LogP contribution is 2.44. The van der Waals surface area contributed by atoms with E-state index in [0.717, 1.165) is 33.7 Å². The lowest BCUT2D eigenvalue weighted by Crippen LogP contribution is -1.93. The molecule has 0 fully saturated rings. The van der Waals surface area contributed by atoms with E-state index >= 15 is 0 Å². The molecule has 4 nitrogen and oxygen atoms in total. The summed E-state index contributed by atoms with van der Waals surface area (Å²) in [6.07, 6.45) is 0. The van der Waals surface area contributed by atoms with Crippen molar-refractivity contribution in [1.82, 2.24) is 19.1 Å². The zero-order valence-corrected chi connectivity index (χ0v) is 29.6. The van der Waals surface area contributed by atoms with Crippen LogP contribution in [0.15, 0.2) is 146 Å². The molecular formula is C48H36N4. The molecule has 0 aliphatic rings. The van der Waals surface area contributed by atoms with Crippen LogP contribution in [0, 0.1) is 13.8 Å². The Balaban J connectivity index is 1.25. The molecule has 0 saturated heterocycles. The van der Waals surface area contributed by atoms with Crippen molar-refractivity contribution in [2.75, 3.05) is 0 Å². The molecule has 0 atom stereocenters. The smallest absolute Gasteiger partial charge is 0.106 e. The first kappa shape index (κ1) is 30.3. The third-order valence-electron chi connectivity index (χ3n) is 11.1. The monoisotopic (exact) mass is 668 g/mol. The Morgan fingerprint density at radius 3 is 1.44 bits per heavy atom. The quantitative estimate of drug-likeness (QED) is 0.175. The van der Waals surface area contributed by atoms with Crippen LogP contribution < -0.4 is 0 Å². The van der Waals surface area contributed by atoms with Crippen LogP contribution in [0.25, 0.3) is 98.9 Å². The highest BCUT2D eigenvalue weighted by atomic mass is 15.1. The van der Waals surface area contributed by atoms with Crippen molar-refractivity contribution >= 4 is 54.4 Å². The van der Waals surface area contributed by atoms with Gasteiger partial charge in [-0.05, 0) is 133 Å². The predicted molar refractivity (Wildman–Crippen MR) is 219 cm³/mol. The van der Waals surface area contributed by atoms with E-state index in [1.165, 1.54) is 76.8 Å². The first-order valence-electron chi connectivity index (χ1n) is 17.9. The zero-order chi connectivity index (χ0) is 35.1. The number of imidazole rings is 2. The number of hydrogen-bond donors (Lipinski definition) is 0. The van der Waals surface area contributed by atoms with Crippen molar-refractivity contribution in [3.05, 3.63) is 157 Å². The van der Waals surface area contributed by atoms with E-state index in [4.69, 9.17) is 9.97 Å². The van der Waals surface area contributed by atoms with E-state index in [2.05, 4.69) is 183 Å². The first-order chi connectivity index (χ1) is 25.4. The zero-order valence-electron chi connectivity index (χ0n) is 29.6. The second-order valence-electron chi connectivity index (χ2n) is 14.0. The van der Waals surface area contributed by atoms with E-state index in [0.29, 0.717) is 0 Å². The molecule has 10 rings (SSSR count). The third-order valence-corrected chi connectivity index (χ3v) is 11.1. The molecule has 0 aliphatic heterocycles. The second kappa shape index (κ2) is 11.5. The van der Waals surface area contributed by atoms with Crippen LogP contribution in [0.3, 0.4) is 0 Å². The van der Waals surface area contributed by atoms with Gasteiger partial charge in [-0.15, -0.1) is 0 Å². The summed E-state index contributed by atoms with van der Waals surface area (Å²) in [5.74, 6) is 2.02. The molecule has 0 amide bonds. The summed E-state index contributed by atoms with van der Waals surface area (Å²) in [7, 11) is 4.19. The first-order valence-corrected chi connectivity index (χ1v) is 17.9. The average molecular weight is 669 g/mol. The van der Waals surface area contributed by atoms with Gasteiger partial charge in [0.1, 0.15) is 11.6 Å². The molecule has 52 heavy (non-hydrogen) atoms. The van der Waals surface area contributed by atoms with Gasteiger partial charge in [-0.2, -0.15) is 0 Å². The highest BCUT2D eigenvalue weighted by Gasteiger charge is 2.18. The fourth-order valence-corrected chi connectivity index (χ4v) is 8.15. The molecule has 0 aliphatic carbocycles. The number of aromatic nitrogens is 4. The minimum absolute atomic E-state index is 1.01. The lowest BCUT2D eigenvalue weighted by Gasteiger charge is -2.18. The standard InChI is InChI=1S/C48H36N4/c1-29-49-44-22-20-35(26-46(44)51(29)3)38-12-8-14-40-42(38)28-43-39(36-21-23-45-47(27-36)52(4)30(2)50-45)13-9-15-41(43)48(40)37-19-18-33-24-32(16-17-34(33)25-37)31-10-6-5-7-11-31/h5-28H,1-4H3. The normalized spacial score (nSPS) is 11.8. The van der Waals surface area contributed by atoms with Gasteiger partial charge < -0.3 is 9.13 Å². The van der Waals surface area contributed by atoms with Gasteiger partial charge in [-0.3, -0.25) is 0 Å². The number of nitrogens with zero attached hydrogens (tertiary/aromatic N) is 4. The number of benzene rings is 8. The number of aryl methyl sites for hydroxylation is 4. The Labute approximate surface area is 302 Å². The van der Waals surface area contributed by atoms with Crippen LogP contribution >= 0.6 is 0 Å². The minimum atomic E-state index is 1.01. The van der Waals surface area contributed by atoms with Crippen molar-refractivity contribution in [2.24, 2.45) is 14.1 Å². The SMILES string of the molecule is Cc1nc2ccc(-c3cccc4c(-c5ccc6cc(-c7ccccc7)ccc6c5)c5cccc(-c6ccc7nc(C)n(C)c7c6)c5cc34)cc2n1C. The summed E-state index contributed by atoms with van der Waals surface area (Å²) in [5.41, 5.74) is 14.0. The van der Waals surface area contributed by atoms with Gasteiger partial charge in [0.15, 0.2) is 0 Å². The largest absolute Gasteiger partial charge is 0.331 e. The molecule has 4 heteroatoms. The summed E-state index contributed by atoms with van der Waals surface area (Å²) in [6, 6.07) is 53.7. The van der Waals surface area contributed by atoms with Crippen molar-refractivity contribution in [3.8, 4) is 44.5 Å². The van der Waals surface area contributed by atoms with Crippen molar-refractivity contribution < 1.29 is 0 Å². The van der Waals surface area contributed by atoms with E-state index in [1.54, 1.807) is 0 Å². The van der Waals surface area contributed by atoms with Gasteiger partial charge in [-0.25, -0.2) is 9.97 Å². The summed E-state index contributed by atoms with van der Waals surface area (Å²) >= 11 is 0. The summed E-state index contributed by atoms with van der Waals surface area (Å²) in [5, 5.41) is 7.39. The van der Waals surface area contributed by atoms with E-state index < -0.39 is 0 Å². The van der Waals surface area contributed by atoms with E-state index in [-0.39, 0.29) is 0 Å². The lowest BCUT2D eigenvalue weighted by molar-refractivity contribution is 0.886. The molecular weight excluding hydrogens is 633 g/mol. The Hall–Kier alpha value is -6.52. The van der Waals surface area contributed by atoms with Crippen molar-refractivity contribution in [2.45, 2.75) is 13.8 Å². The van der Waals surface area contributed by atoms with Crippen LogP contribution in [0.1, 0.15) is 11.6 Å². The summed E-state index contributed by atoms with van der Waals surface area (Å²) < 4.78 is 4.36. The van der Waals surface area contributed by atoms with Gasteiger partial charge in [0.05, 0.1) is 22.1 Å². The molecule has 0 radical (unpaired) electrons. The number of rotatable bonds is 4. The Morgan fingerprint density at radius 2 is 0.885 bits per heavy atom. The van der Waals surface area contributed by atoms with E-state index in [1.807, 2.05) is 0 Å². The molecule has 2 aromatic heterocycles. The average Bonchev–Trinajstić information content (AvgIpc) is 3.64. The molecule has 8 aromatic carbocycles. The molecule has 2 heterocycles. The predicted octanol–water partition coefficient (Wildman–Crippen LogP) is 12.2. The Kier molecular flexibility index (Phi) is 6.71. The van der Waals surface area contributed by atoms with Crippen LogP contribution in [-0.4, -0.2) is 19.1 Å². The fraction of sp³-hybridized carbons (Fsp3) is 0.0833. The number of hydrogen-bond acceptors (Lipinski definition) is 2. The van der Waals surface area contributed by atoms with Gasteiger partial charge in [0.2, 0.25) is 0 Å². The maximum absolute atomic E-state index is 4.78. The van der Waals surface area contributed by atoms with Crippen molar-refractivity contribution in [1.29, 1.82) is 0 Å². The van der Waals surface area contributed by atoms with E-state index in [9.17, 15) is 0 Å². The highest BCUT2D eigenvalue weighted by molar-refractivity contribution is 6.19. The maximum Gasteiger partial charge on any atom is 0.106 e. The third kappa shape index (κ3) is 4.68.